The number of carbonyl (C=O) groups is 2. The van der Waals surface area contributed by atoms with E-state index < -0.39 is 11.5 Å². The molecule has 1 aromatic rings. The van der Waals surface area contributed by atoms with E-state index in [0.29, 0.717) is 6.54 Å². The highest BCUT2D eigenvalue weighted by Crippen LogP contribution is 2.12. The molecule has 1 atom stereocenters. The van der Waals surface area contributed by atoms with Crippen LogP contribution in [0.1, 0.15) is 33.3 Å². The lowest BCUT2D eigenvalue weighted by Crippen LogP contribution is -2.48. The average Bonchev–Trinajstić information content (AvgIpc) is 2.38. The first-order valence-electron chi connectivity index (χ1n) is 6.93. The third kappa shape index (κ3) is 5.43. The summed E-state index contributed by atoms with van der Waals surface area (Å²) in [5.74, 6) is -0.276. The molecular formula is C16H24N2O2. The molecule has 110 valence electrons. The van der Waals surface area contributed by atoms with Crippen LogP contribution in [0, 0.1) is 5.41 Å². The monoisotopic (exact) mass is 276 g/mol. The van der Waals surface area contributed by atoms with E-state index in [9.17, 15) is 9.59 Å². The molecule has 0 aliphatic carbocycles. The van der Waals surface area contributed by atoms with Gasteiger partial charge in [-0.25, -0.2) is 0 Å². The second-order valence-corrected chi connectivity index (χ2v) is 5.97. The smallest absolute Gasteiger partial charge is 0.242 e. The molecule has 20 heavy (non-hydrogen) atoms. The van der Waals surface area contributed by atoms with E-state index in [1.807, 2.05) is 51.1 Å². The molecule has 2 N–H and O–H groups in total. The first-order chi connectivity index (χ1) is 9.30. The van der Waals surface area contributed by atoms with E-state index in [1.165, 1.54) is 5.56 Å². The predicted octanol–water partition coefficient (Wildman–Crippen LogP) is 1.90. The quantitative estimate of drug-likeness (QED) is 0.863. The van der Waals surface area contributed by atoms with Crippen molar-refractivity contribution in [2.75, 3.05) is 6.54 Å². The Kier molecular flexibility index (Phi) is 5.74. The molecular weight excluding hydrogens is 252 g/mol. The molecule has 1 unspecified atom stereocenters. The number of hydrogen-bond acceptors (Lipinski definition) is 2. The van der Waals surface area contributed by atoms with Crippen LogP contribution >= 0.6 is 0 Å². The fourth-order valence-electron chi connectivity index (χ4n) is 1.61. The van der Waals surface area contributed by atoms with E-state index in [1.54, 1.807) is 6.92 Å². The van der Waals surface area contributed by atoms with E-state index in [4.69, 9.17) is 0 Å². The van der Waals surface area contributed by atoms with Crippen LogP contribution in [0.4, 0.5) is 0 Å². The van der Waals surface area contributed by atoms with Gasteiger partial charge in [0.2, 0.25) is 11.8 Å². The molecule has 0 saturated carbocycles. The predicted molar refractivity (Wildman–Crippen MR) is 80.2 cm³/mol. The highest BCUT2D eigenvalue weighted by Gasteiger charge is 2.24. The molecule has 4 nitrogen and oxygen atoms in total. The summed E-state index contributed by atoms with van der Waals surface area (Å²) >= 11 is 0. The summed E-state index contributed by atoms with van der Waals surface area (Å²) in [6.07, 6.45) is 0.784. The zero-order chi connectivity index (χ0) is 15.2. The van der Waals surface area contributed by atoms with Gasteiger partial charge in [-0.05, 0) is 18.9 Å². The molecule has 4 heteroatoms. The molecule has 0 saturated heterocycles. The number of carbonyl (C=O) groups excluding carboxylic acids is 2. The second kappa shape index (κ2) is 7.08. The van der Waals surface area contributed by atoms with Crippen LogP contribution in [-0.2, 0) is 16.0 Å². The van der Waals surface area contributed by atoms with E-state index in [-0.39, 0.29) is 11.8 Å². The van der Waals surface area contributed by atoms with E-state index in [0.717, 1.165) is 6.42 Å². The Morgan fingerprint density at radius 2 is 1.75 bits per heavy atom. The van der Waals surface area contributed by atoms with Crippen LogP contribution in [-0.4, -0.2) is 24.4 Å². The summed E-state index contributed by atoms with van der Waals surface area (Å²) < 4.78 is 0. The van der Waals surface area contributed by atoms with Crippen molar-refractivity contribution in [2.24, 2.45) is 5.41 Å². The van der Waals surface area contributed by atoms with Crippen molar-refractivity contribution in [3.8, 4) is 0 Å². The third-order valence-electron chi connectivity index (χ3n) is 2.98. The summed E-state index contributed by atoms with van der Waals surface area (Å²) in [4.78, 5) is 23.7. The normalized spacial score (nSPS) is 12.6. The maximum atomic E-state index is 11.9. The molecule has 0 radical (unpaired) electrons. The topological polar surface area (TPSA) is 58.2 Å². The van der Waals surface area contributed by atoms with E-state index >= 15 is 0 Å². The SMILES string of the molecule is CC(NC(=O)C(C)(C)C)C(=O)NCCc1ccccc1. The standard InChI is InChI=1S/C16H24N2O2/c1-12(18-15(20)16(2,3)4)14(19)17-11-10-13-8-6-5-7-9-13/h5-9,12H,10-11H2,1-4H3,(H,17,19)(H,18,20). The minimum atomic E-state index is -0.516. The largest absolute Gasteiger partial charge is 0.354 e. The number of nitrogens with one attached hydrogen (secondary N) is 2. The summed E-state index contributed by atoms with van der Waals surface area (Å²) in [5, 5.41) is 5.55. The lowest BCUT2D eigenvalue weighted by atomic mass is 9.95. The van der Waals surface area contributed by atoms with Crippen molar-refractivity contribution in [1.82, 2.24) is 10.6 Å². The minimum Gasteiger partial charge on any atom is -0.354 e. The molecule has 2 amide bonds. The van der Waals surface area contributed by atoms with Crippen molar-refractivity contribution in [1.29, 1.82) is 0 Å². The Bertz CT molecular complexity index is 449. The average molecular weight is 276 g/mol. The summed E-state index contributed by atoms with van der Waals surface area (Å²) in [6.45, 7) is 7.73. The molecule has 0 fully saturated rings. The van der Waals surface area contributed by atoms with Gasteiger partial charge in [0, 0.05) is 12.0 Å². The maximum Gasteiger partial charge on any atom is 0.242 e. The van der Waals surface area contributed by atoms with Crippen LogP contribution in [0.15, 0.2) is 30.3 Å². The maximum absolute atomic E-state index is 11.9. The van der Waals surface area contributed by atoms with Crippen LogP contribution in [0.5, 0.6) is 0 Å². The van der Waals surface area contributed by atoms with Crippen molar-refractivity contribution >= 4 is 11.8 Å². The molecule has 0 heterocycles. The first-order valence-corrected chi connectivity index (χ1v) is 6.93. The van der Waals surface area contributed by atoms with Crippen molar-refractivity contribution < 1.29 is 9.59 Å². The Labute approximate surface area is 121 Å². The molecule has 0 aliphatic heterocycles. The van der Waals surface area contributed by atoms with Crippen LogP contribution in [0.3, 0.4) is 0 Å². The molecule has 0 spiro atoms. The van der Waals surface area contributed by atoms with E-state index in [2.05, 4.69) is 10.6 Å². The molecule has 1 rings (SSSR count). The lowest BCUT2D eigenvalue weighted by molar-refractivity contribution is -0.133. The van der Waals surface area contributed by atoms with Gasteiger partial charge in [-0.15, -0.1) is 0 Å². The molecule has 0 bridgehead atoms. The number of amides is 2. The highest BCUT2D eigenvalue weighted by molar-refractivity contribution is 5.89. The summed E-state index contributed by atoms with van der Waals surface area (Å²) in [5.41, 5.74) is 0.692. The van der Waals surface area contributed by atoms with Gasteiger partial charge < -0.3 is 10.6 Å². The summed E-state index contributed by atoms with van der Waals surface area (Å²) in [6, 6.07) is 9.45. The fourth-order valence-corrected chi connectivity index (χ4v) is 1.61. The highest BCUT2D eigenvalue weighted by atomic mass is 16.2. The number of hydrogen-bond donors (Lipinski definition) is 2. The second-order valence-electron chi connectivity index (χ2n) is 5.97. The third-order valence-corrected chi connectivity index (χ3v) is 2.98. The number of rotatable bonds is 5. The molecule has 0 aromatic heterocycles. The van der Waals surface area contributed by atoms with Crippen LogP contribution in [0.2, 0.25) is 0 Å². The van der Waals surface area contributed by atoms with Gasteiger partial charge in [-0.3, -0.25) is 9.59 Å². The Morgan fingerprint density at radius 1 is 1.15 bits per heavy atom. The fraction of sp³-hybridized carbons (Fsp3) is 0.500. The zero-order valence-electron chi connectivity index (χ0n) is 12.7. The van der Waals surface area contributed by atoms with Gasteiger partial charge in [0.15, 0.2) is 0 Å². The van der Waals surface area contributed by atoms with Crippen molar-refractivity contribution in [3.63, 3.8) is 0 Å². The van der Waals surface area contributed by atoms with Crippen LogP contribution in [0.25, 0.3) is 0 Å². The van der Waals surface area contributed by atoms with Gasteiger partial charge in [-0.1, -0.05) is 51.1 Å². The lowest BCUT2D eigenvalue weighted by Gasteiger charge is -2.21. The zero-order valence-corrected chi connectivity index (χ0v) is 12.7. The molecule has 1 aromatic carbocycles. The first kappa shape index (κ1) is 16.2. The molecule has 0 aliphatic rings. The van der Waals surface area contributed by atoms with Crippen molar-refractivity contribution in [2.45, 2.75) is 40.2 Å². The Hall–Kier alpha value is -1.84. The van der Waals surface area contributed by atoms with Gasteiger partial charge in [0.1, 0.15) is 6.04 Å². The van der Waals surface area contributed by atoms with Gasteiger partial charge >= 0.3 is 0 Å². The minimum absolute atomic E-state index is 0.122. The van der Waals surface area contributed by atoms with Gasteiger partial charge in [0.25, 0.3) is 0 Å². The van der Waals surface area contributed by atoms with Crippen LogP contribution < -0.4 is 10.6 Å². The summed E-state index contributed by atoms with van der Waals surface area (Å²) in [7, 11) is 0. The van der Waals surface area contributed by atoms with Gasteiger partial charge in [0.05, 0.1) is 0 Å². The Balaban J connectivity index is 2.34. The Morgan fingerprint density at radius 3 is 2.30 bits per heavy atom. The van der Waals surface area contributed by atoms with Gasteiger partial charge in [-0.2, -0.15) is 0 Å². The van der Waals surface area contributed by atoms with Crippen molar-refractivity contribution in [3.05, 3.63) is 35.9 Å². The number of benzene rings is 1.